The molecule has 0 aliphatic heterocycles. The Hall–Kier alpha value is -0.570. The summed E-state index contributed by atoms with van der Waals surface area (Å²) in [7, 11) is 0. The maximum Gasteiger partial charge on any atom is 0.323 e. The molecule has 0 heterocycles. The van der Waals surface area contributed by atoms with Crippen LogP contribution in [0.4, 0.5) is 0 Å². The minimum Gasteiger partial charge on any atom is -0.465 e. The second kappa shape index (κ2) is 6.89. The van der Waals surface area contributed by atoms with Crippen molar-refractivity contribution in [1.82, 2.24) is 0 Å². The molecule has 0 bridgehead atoms. The SMILES string of the molecule is CCCCCOC(=O)[C@@H](N)C(C)C. The molecule has 3 heteroatoms. The lowest BCUT2D eigenvalue weighted by Crippen LogP contribution is -2.37. The third-order valence-electron chi connectivity index (χ3n) is 1.98. The summed E-state index contributed by atoms with van der Waals surface area (Å²) in [6.07, 6.45) is 3.17. The number of rotatable bonds is 6. The number of unbranched alkanes of at least 4 members (excludes halogenated alkanes) is 2. The van der Waals surface area contributed by atoms with Crippen LogP contribution in [0, 0.1) is 5.92 Å². The predicted octanol–water partition coefficient (Wildman–Crippen LogP) is 1.70. The van der Waals surface area contributed by atoms with E-state index in [1.165, 1.54) is 0 Å². The second-order valence-corrected chi connectivity index (χ2v) is 3.64. The highest BCUT2D eigenvalue weighted by Crippen LogP contribution is 2.01. The van der Waals surface area contributed by atoms with Crippen LogP contribution in [0.3, 0.4) is 0 Å². The van der Waals surface area contributed by atoms with Crippen LogP contribution in [0.5, 0.6) is 0 Å². The summed E-state index contributed by atoms with van der Waals surface area (Å²) >= 11 is 0. The normalized spacial score (nSPS) is 13.0. The number of ether oxygens (including phenoxy) is 1. The number of carbonyl (C=O) groups is 1. The Morgan fingerprint density at radius 2 is 2.00 bits per heavy atom. The molecule has 0 spiro atoms. The first-order chi connectivity index (χ1) is 6.09. The summed E-state index contributed by atoms with van der Waals surface area (Å²) in [6.45, 7) is 6.45. The maximum absolute atomic E-state index is 11.2. The standard InChI is InChI=1S/C10H21NO2/c1-4-5-6-7-13-10(12)9(11)8(2)3/h8-9H,4-7,11H2,1-3H3/t9-/m0/s1. The van der Waals surface area contributed by atoms with Gasteiger partial charge in [-0.2, -0.15) is 0 Å². The Bertz CT molecular complexity index is 146. The van der Waals surface area contributed by atoms with Crippen LogP contribution in [0.15, 0.2) is 0 Å². The van der Waals surface area contributed by atoms with Gasteiger partial charge in [0.05, 0.1) is 6.61 Å². The molecule has 0 radical (unpaired) electrons. The van der Waals surface area contributed by atoms with E-state index in [-0.39, 0.29) is 11.9 Å². The zero-order chi connectivity index (χ0) is 10.3. The van der Waals surface area contributed by atoms with Crippen molar-refractivity contribution in [2.45, 2.75) is 46.1 Å². The van der Waals surface area contributed by atoms with Gasteiger partial charge in [0.1, 0.15) is 6.04 Å². The molecule has 0 rings (SSSR count). The van der Waals surface area contributed by atoms with E-state index in [1.54, 1.807) is 0 Å². The van der Waals surface area contributed by atoms with Crippen molar-refractivity contribution in [2.24, 2.45) is 11.7 Å². The molecule has 78 valence electrons. The van der Waals surface area contributed by atoms with E-state index in [4.69, 9.17) is 10.5 Å². The van der Waals surface area contributed by atoms with Crippen LogP contribution in [0.25, 0.3) is 0 Å². The molecule has 0 aromatic carbocycles. The van der Waals surface area contributed by atoms with Gasteiger partial charge in [-0.3, -0.25) is 4.79 Å². The molecule has 13 heavy (non-hydrogen) atoms. The Kier molecular flexibility index (Phi) is 6.59. The lowest BCUT2D eigenvalue weighted by molar-refractivity contribution is -0.146. The third kappa shape index (κ3) is 5.64. The van der Waals surface area contributed by atoms with Crippen LogP contribution in [-0.4, -0.2) is 18.6 Å². The highest BCUT2D eigenvalue weighted by molar-refractivity contribution is 5.75. The van der Waals surface area contributed by atoms with Gasteiger partial charge in [-0.15, -0.1) is 0 Å². The van der Waals surface area contributed by atoms with Crippen molar-refractivity contribution in [1.29, 1.82) is 0 Å². The number of hydrogen-bond acceptors (Lipinski definition) is 3. The molecule has 3 nitrogen and oxygen atoms in total. The summed E-state index contributed by atoms with van der Waals surface area (Å²) in [5.41, 5.74) is 5.60. The molecule has 0 saturated heterocycles. The van der Waals surface area contributed by atoms with E-state index in [0.717, 1.165) is 19.3 Å². The second-order valence-electron chi connectivity index (χ2n) is 3.64. The molecular formula is C10H21NO2. The first-order valence-corrected chi connectivity index (χ1v) is 5.01. The van der Waals surface area contributed by atoms with E-state index in [1.807, 2.05) is 13.8 Å². The molecule has 0 aliphatic carbocycles. The third-order valence-corrected chi connectivity index (χ3v) is 1.98. The van der Waals surface area contributed by atoms with E-state index >= 15 is 0 Å². The van der Waals surface area contributed by atoms with Gasteiger partial charge in [0, 0.05) is 0 Å². The fraction of sp³-hybridized carbons (Fsp3) is 0.900. The van der Waals surface area contributed by atoms with Gasteiger partial charge in [-0.1, -0.05) is 33.6 Å². The zero-order valence-corrected chi connectivity index (χ0v) is 8.88. The van der Waals surface area contributed by atoms with Crippen molar-refractivity contribution in [2.75, 3.05) is 6.61 Å². The van der Waals surface area contributed by atoms with Gasteiger partial charge >= 0.3 is 5.97 Å². The minimum atomic E-state index is -0.471. The number of esters is 1. The minimum absolute atomic E-state index is 0.152. The van der Waals surface area contributed by atoms with Gasteiger partial charge < -0.3 is 10.5 Å². The molecule has 0 aliphatic rings. The first-order valence-electron chi connectivity index (χ1n) is 5.01. The first kappa shape index (κ1) is 12.4. The van der Waals surface area contributed by atoms with E-state index in [0.29, 0.717) is 6.61 Å². The molecule has 0 aromatic rings. The summed E-state index contributed by atoms with van der Waals surface area (Å²) in [6, 6.07) is -0.471. The van der Waals surface area contributed by atoms with Crippen molar-refractivity contribution >= 4 is 5.97 Å². The highest BCUT2D eigenvalue weighted by Gasteiger charge is 2.17. The van der Waals surface area contributed by atoms with E-state index in [9.17, 15) is 4.79 Å². The van der Waals surface area contributed by atoms with Gasteiger partial charge in [0.15, 0.2) is 0 Å². The predicted molar refractivity (Wildman–Crippen MR) is 53.3 cm³/mol. The molecule has 1 atom stereocenters. The Balaban J connectivity index is 3.50. The topological polar surface area (TPSA) is 52.3 Å². The van der Waals surface area contributed by atoms with Crippen LogP contribution in [0.2, 0.25) is 0 Å². The fourth-order valence-electron chi connectivity index (χ4n) is 0.893. The Morgan fingerprint density at radius 1 is 1.38 bits per heavy atom. The monoisotopic (exact) mass is 187 g/mol. The van der Waals surface area contributed by atoms with Gasteiger partial charge in [-0.25, -0.2) is 0 Å². The van der Waals surface area contributed by atoms with Gasteiger partial charge in [0.25, 0.3) is 0 Å². The summed E-state index contributed by atoms with van der Waals surface area (Å²) in [5.74, 6) is -0.121. The smallest absolute Gasteiger partial charge is 0.323 e. The van der Waals surface area contributed by atoms with Crippen LogP contribution >= 0.6 is 0 Å². The Labute approximate surface area is 80.6 Å². The summed E-state index contributed by atoms with van der Waals surface area (Å²) in [5, 5.41) is 0. The highest BCUT2D eigenvalue weighted by atomic mass is 16.5. The molecular weight excluding hydrogens is 166 g/mol. The molecule has 0 aromatic heterocycles. The average Bonchev–Trinajstić information content (AvgIpc) is 2.10. The molecule has 0 fully saturated rings. The molecule has 0 amide bonds. The average molecular weight is 187 g/mol. The van der Waals surface area contributed by atoms with Crippen molar-refractivity contribution < 1.29 is 9.53 Å². The molecule has 2 N–H and O–H groups in total. The molecule has 0 unspecified atom stereocenters. The quantitative estimate of drug-likeness (QED) is 0.508. The molecule has 0 saturated carbocycles. The van der Waals surface area contributed by atoms with Crippen molar-refractivity contribution in [3.05, 3.63) is 0 Å². The maximum atomic E-state index is 11.2. The van der Waals surface area contributed by atoms with Crippen molar-refractivity contribution in [3.8, 4) is 0 Å². The Morgan fingerprint density at radius 3 is 2.46 bits per heavy atom. The fourth-order valence-corrected chi connectivity index (χ4v) is 0.893. The van der Waals surface area contributed by atoms with Crippen LogP contribution in [-0.2, 0) is 9.53 Å². The van der Waals surface area contributed by atoms with Crippen LogP contribution in [0.1, 0.15) is 40.0 Å². The van der Waals surface area contributed by atoms with Crippen LogP contribution < -0.4 is 5.73 Å². The largest absolute Gasteiger partial charge is 0.465 e. The van der Waals surface area contributed by atoms with E-state index in [2.05, 4.69) is 6.92 Å². The lowest BCUT2D eigenvalue weighted by Gasteiger charge is -2.14. The van der Waals surface area contributed by atoms with Crippen molar-refractivity contribution in [3.63, 3.8) is 0 Å². The summed E-state index contributed by atoms with van der Waals surface area (Å²) < 4.78 is 5.00. The number of nitrogens with two attached hydrogens (primary N) is 1. The van der Waals surface area contributed by atoms with Gasteiger partial charge in [0.2, 0.25) is 0 Å². The number of hydrogen-bond donors (Lipinski definition) is 1. The lowest BCUT2D eigenvalue weighted by atomic mass is 10.1. The zero-order valence-electron chi connectivity index (χ0n) is 8.88. The number of carbonyl (C=O) groups excluding carboxylic acids is 1. The van der Waals surface area contributed by atoms with Gasteiger partial charge in [-0.05, 0) is 12.3 Å². The summed E-state index contributed by atoms with van der Waals surface area (Å²) in [4.78, 5) is 11.2. The van der Waals surface area contributed by atoms with E-state index < -0.39 is 6.04 Å².